The van der Waals surface area contributed by atoms with Gasteiger partial charge in [-0.2, -0.15) is 5.10 Å². The van der Waals surface area contributed by atoms with Crippen LogP contribution in [0.3, 0.4) is 0 Å². The predicted molar refractivity (Wildman–Crippen MR) is 71.3 cm³/mol. The summed E-state index contributed by atoms with van der Waals surface area (Å²) < 4.78 is 0. The second kappa shape index (κ2) is 4.23. The first-order chi connectivity index (χ1) is 8.65. The zero-order chi connectivity index (χ0) is 12.7. The van der Waals surface area contributed by atoms with Gasteiger partial charge in [-0.25, -0.2) is 5.43 Å². The van der Waals surface area contributed by atoms with Gasteiger partial charge in [0.1, 0.15) is 0 Å². The topological polar surface area (TPSA) is 41.5 Å². The van der Waals surface area contributed by atoms with E-state index in [1.165, 1.54) is 5.56 Å². The first-order valence-electron chi connectivity index (χ1n) is 6.62. The van der Waals surface area contributed by atoms with E-state index in [-0.39, 0.29) is 11.8 Å². The van der Waals surface area contributed by atoms with E-state index in [4.69, 9.17) is 0 Å². The monoisotopic (exact) mass is 242 g/mol. The van der Waals surface area contributed by atoms with Crippen molar-refractivity contribution in [2.24, 2.45) is 22.9 Å². The van der Waals surface area contributed by atoms with Gasteiger partial charge in [-0.05, 0) is 29.9 Å². The van der Waals surface area contributed by atoms with Crippen molar-refractivity contribution < 1.29 is 4.79 Å². The minimum Gasteiger partial charge on any atom is -0.273 e. The molecule has 1 amide bonds. The van der Waals surface area contributed by atoms with Crippen LogP contribution in [0, 0.1) is 17.8 Å². The fourth-order valence-corrected chi connectivity index (χ4v) is 2.63. The van der Waals surface area contributed by atoms with Crippen LogP contribution in [0.15, 0.2) is 29.4 Å². The molecule has 2 aliphatic rings. The molecular weight excluding hydrogens is 224 g/mol. The molecular formula is C15H18N2O. The molecule has 2 atom stereocenters. The third-order valence-electron chi connectivity index (χ3n) is 3.66. The summed E-state index contributed by atoms with van der Waals surface area (Å²) in [7, 11) is 0. The average Bonchev–Trinajstić information content (AvgIpc) is 3.11. The van der Waals surface area contributed by atoms with Gasteiger partial charge in [0.15, 0.2) is 0 Å². The third kappa shape index (κ3) is 2.05. The number of carbonyl (C=O) groups excluding carboxylic acids is 1. The molecule has 0 unspecified atom stereocenters. The second-order valence-electron chi connectivity index (χ2n) is 5.72. The van der Waals surface area contributed by atoms with E-state index >= 15 is 0 Å². The van der Waals surface area contributed by atoms with Crippen LogP contribution in [-0.4, -0.2) is 11.6 Å². The summed E-state index contributed by atoms with van der Waals surface area (Å²) in [5, 5.41) is 4.21. The molecule has 18 heavy (non-hydrogen) atoms. The Hall–Kier alpha value is -1.64. The van der Waals surface area contributed by atoms with Crippen molar-refractivity contribution >= 4 is 11.6 Å². The van der Waals surface area contributed by atoms with Crippen molar-refractivity contribution in [2.45, 2.75) is 26.7 Å². The van der Waals surface area contributed by atoms with E-state index < -0.39 is 0 Å². The molecule has 0 bridgehead atoms. The molecule has 1 saturated carbocycles. The summed E-state index contributed by atoms with van der Waals surface area (Å²) in [4.78, 5) is 11.4. The van der Waals surface area contributed by atoms with Crippen molar-refractivity contribution in [2.75, 3.05) is 0 Å². The van der Waals surface area contributed by atoms with Gasteiger partial charge in [-0.15, -0.1) is 0 Å². The number of nitrogens with zero attached hydrogens (tertiary/aromatic N) is 1. The molecule has 1 fully saturated rings. The first kappa shape index (κ1) is 11.5. The molecule has 1 aromatic rings. The lowest BCUT2D eigenvalue weighted by Gasteiger charge is -2.12. The van der Waals surface area contributed by atoms with Crippen LogP contribution < -0.4 is 5.43 Å². The van der Waals surface area contributed by atoms with Crippen LogP contribution in [0.2, 0.25) is 0 Å². The van der Waals surface area contributed by atoms with Crippen molar-refractivity contribution in [3.63, 3.8) is 0 Å². The van der Waals surface area contributed by atoms with Crippen LogP contribution in [0.1, 0.15) is 31.4 Å². The van der Waals surface area contributed by atoms with Gasteiger partial charge in [0, 0.05) is 11.8 Å². The zero-order valence-electron chi connectivity index (χ0n) is 10.8. The summed E-state index contributed by atoms with van der Waals surface area (Å²) in [5.74, 6) is 1.29. The van der Waals surface area contributed by atoms with Gasteiger partial charge in [-0.3, -0.25) is 4.79 Å². The quantitative estimate of drug-likeness (QED) is 0.868. The number of hydrogen-bond donors (Lipinski definition) is 1. The molecule has 1 heterocycles. The largest absolute Gasteiger partial charge is 0.273 e. The third-order valence-corrected chi connectivity index (χ3v) is 3.66. The highest BCUT2D eigenvalue weighted by Gasteiger charge is 2.49. The molecule has 1 aromatic carbocycles. The molecule has 3 rings (SSSR count). The summed E-state index contributed by atoms with van der Waals surface area (Å²) >= 11 is 0. The van der Waals surface area contributed by atoms with Crippen molar-refractivity contribution in [3.8, 4) is 0 Å². The summed E-state index contributed by atoms with van der Waals surface area (Å²) in [6.07, 6.45) is 2.06. The van der Waals surface area contributed by atoms with E-state index in [9.17, 15) is 4.79 Å². The highest BCUT2D eigenvalue weighted by Crippen LogP contribution is 2.43. The normalized spacial score (nSPS) is 25.5. The Kier molecular flexibility index (Phi) is 2.69. The van der Waals surface area contributed by atoms with Crippen molar-refractivity contribution in [3.05, 3.63) is 35.4 Å². The minimum atomic E-state index is 0.0835. The molecule has 3 nitrogen and oxygen atoms in total. The molecule has 94 valence electrons. The fourth-order valence-electron chi connectivity index (χ4n) is 2.63. The lowest BCUT2D eigenvalue weighted by atomic mass is 9.98. The smallest absolute Gasteiger partial charge is 0.243 e. The Morgan fingerprint density at radius 3 is 2.67 bits per heavy atom. The molecule has 3 heteroatoms. The van der Waals surface area contributed by atoms with Gasteiger partial charge in [0.2, 0.25) is 5.91 Å². The van der Waals surface area contributed by atoms with E-state index in [1.807, 2.05) is 0 Å². The lowest BCUT2D eigenvalue weighted by Crippen LogP contribution is -2.28. The Morgan fingerprint density at radius 1 is 1.28 bits per heavy atom. The van der Waals surface area contributed by atoms with Crippen molar-refractivity contribution in [1.29, 1.82) is 0 Å². The Bertz CT molecular complexity index is 502. The number of hydrogen-bond acceptors (Lipinski definition) is 2. The van der Waals surface area contributed by atoms with E-state index in [2.05, 4.69) is 48.6 Å². The summed E-state index contributed by atoms with van der Waals surface area (Å²) in [6, 6.07) is 8.60. The number of carbonyl (C=O) groups is 1. The Morgan fingerprint density at radius 2 is 2.00 bits per heavy atom. The number of amides is 1. The average molecular weight is 242 g/mol. The summed E-state index contributed by atoms with van der Waals surface area (Å²) in [6.45, 7) is 4.45. The number of nitrogens with one attached hydrogen (secondary N) is 1. The Labute approximate surface area is 107 Å². The van der Waals surface area contributed by atoms with E-state index in [0.717, 1.165) is 24.1 Å². The van der Waals surface area contributed by atoms with Crippen LogP contribution in [0.25, 0.3) is 0 Å². The van der Waals surface area contributed by atoms with Crippen LogP contribution in [-0.2, 0) is 11.2 Å². The van der Waals surface area contributed by atoms with Crippen LogP contribution in [0.5, 0.6) is 0 Å². The standard InChI is InChI=1S/C15H18N2O/c1-9(2)7-10-3-5-11(6-4-10)14-12-8-13(12)15(18)17-16-14/h3-6,9,12-13H,7-8H2,1-2H3,(H,17,18)/t12-,13-/m1/s1. The van der Waals surface area contributed by atoms with Gasteiger partial charge in [0.25, 0.3) is 0 Å². The highest BCUT2D eigenvalue weighted by molar-refractivity contribution is 6.09. The van der Waals surface area contributed by atoms with Gasteiger partial charge < -0.3 is 0 Å². The van der Waals surface area contributed by atoms with Gasteiger partial charge in [0.05, 0.1) is 5.71 Å². The lowest BCUT2D eigenvalue weighted by molar-refractivity contribution is -0.122. The van der Waals surface area contributed by atoms with Crippen LogP contribution in [0.4, 0.5) is 0 Å². The van der Waals surface area contributed by atoms with Gasteiger partial charge in [-0.1, -0.05) is 38.1 Å². The number of hydrazone groups is 1. The molecule has 1 N–H and O–H groups in total. The maximum absolute atomic E-state index is 11.4. The van der Waals surface area contributed by atoms with Gasteiger partial charge >= 0.3 is 0 Å². The maximum atomic E-state index is 11.4. The number of rotatable bonds is 3. The molecule has 0 spiro atoms. The fraction of sp³-hybridized carbons (Fsp3) is 0.467. The van der Waals surface area contributed by atoms with Crippen molar-refractivity contribution in [1.82, 2.24) is 5.43 Å². The summed E-state index contributed by atoms with van der Waals surface area (Å²) in [5.41, 5.74) is 6.18. The van der Waals surface area contributed by atoms with E-state index in [0.29, 0.717) is 11.8 Å². The molecule has 1 aliphatic heterocycles. The molecule has 1 aliphatic carbocycles. The Balaban J connectivity index is 1.79. The van der Waals surface area contributed by atoms with E-state index in [1.54, 1.807) is 0 Å². The number of benzene rings is 1. The van der Waals surface area contributed by atoms with Crippen LogP contribution >= 0.6 is 0 Å². The number of fused-ring (bicyclic) bond motifs is 1. The molecule has 0 saturated heterocycles. The first-order valence-corrected chi connectivity index (χ1v) is 6.62. The predicted octanol–water partition coefficient (Wildman–Crippen LogP) is 2.36. The molecule has 0 radical (unpaired) electrons. The second-order valence-corrected chi connectivity index (χ2v) is 5.72. The highest BCUT2D eigenvalue weighted by atomic mass is 16.2. The molecule has 0 aromatic heterocycles. The minimum absolute atomic E-state index is 0.0835. The SMILES string of the molecule is CC(C)Cc1ccc(C2=NNC(=O)[C@@H]3C[C@@H]23)cc1. The maximum Gasteiger partial charge on any atom is 0.243 e. The zero-order valence-corrected chi connectivity index (χ0v) is 10.8.